The first-order valence-corrected chi connectivity index (χ1v) is 3.62. The molecule has 0 spiro atoms. The monoisotopic (exact) mass is 160 g/mol. The molecule has 0 saturated heterocycles. The number of rotatable bonds is 3. The van der Waals surface area contributed by atoms with E-state index in [1.54, 1.807) is 20.3 Å². The van der Waals surface area contributed by atoms with Crippen molar-refractivity contribution >= 4 is 17.8 Å². The lowest BCUT2D eigenvalue weighted by molar-refractivity contribution is 1.02. The summed E-state index contributed by atoms with van der Waals surface area (Å²) in [6.07, 6.45) is 2.66. The van der Waals surface area contributed by atoms with Gasteiger partial charge in [0.25, 0.3) is 0 Å². The van der Waals surface area contributed by atoms with Crippen molar-refractivity contribution in [2.45, 2.75) is 13.3 Å². The predicted octanol–water partition coefficient (Wildman–Crippen LogP) is 1.77. The highest BCUT2D eigenvalue weighted by Crippen LogP contribution is 2.06. The SMILES string of the molecule is CC/C(C=NC)=C(\Cl)NC. The van der Waals surface area contributed by atoms with E-state index in [9.17, 15) is 0 Å². The Morgan fingerprint density at radius 1 is 1.70 bits per heavy atom. The molecule has 0 fully saturated rings. The molecule has 10 heavy (non-hydrogen) atoms. The summed E-state index contributed by atoms with van der Waals surface area (Å²) in [5.74, 6) is 0. The highest BCUT2D eigenvalue weighted by atomic mass is 35.5. The minimum absolute atomic E-state index is 0.674. The lowest BCUT2D eigenvalue weighted by Crippen LogP contribution is -2.03. The molecule has 0 heterocycles. The van der Waals surface area contributed by atoms with Gasteiger partial charge in [-0.3, -0.25) is 4.99 Å². The van der Waals surface area contributed by atoms with Crippen molar-refractivity contribution in [3.05, 3.63) is 10.7 Å². The molecule has 0 aliphatic carbocycles. The molecule has 0 aromatic rings. The molecule has 0 aromatic heterocycles. The van der Waals surface area contributed by atoms with Gasteiger partial charge in [-0.05, 0) is 6.42 Å². The van der Waals surface area contributed by atoms with Crippen molar-refractivity contribution in [2.24, 2.45) is 4.99 Å². The van der Waals surface area contributed by atoms with Crippen LogP contribution in [0.4, 0.5) is 0 Å². The molecule has 0 radical (unpaired) electrons. The van der Waals surface area contributed by atoms with Gasteiger partial charge in [0.15, 0.2) is 0 Å². The van der Waals surface area contributed by atoms with Crippen molar-refractivity contribution < 1.29 is 0 Å². The number of hydrogen-bond acceptors (Lipinski definition) is 2. The van der Waals surface area contributed by atoms with E-state index in [1.165, 1.54) is 0 Å². The number of nitrogens with zero attached hydrogens (tertiary/aromatic N) is 1. The minimum Gasteiger partial charge on any atom is -0.379 e. The zero-order valence-corrected chi connectivity index (χ0v) is 7.37. The summed E-state index contributed by atoms with van der Waals surface area (Å²) in [5.41, 5.74) is 1.03. The van der Waals surface area contributed by atoms with Crippen molar-refractivity contribution in [3.8, 4) is 0 Å². The van der Waals surface area contributed by atoms with Crippen LogP contribution in [0.5, 0.6) is 0 Å². The van der Waals surface area contributed by atoms with Crippen molar-refractivity contribution in [1.82, 2.24) is 5.32 Å². The Balaban J connectivity index is 4.29. The first-order chi connectivity index (χ1) is 4.76. The zero-order valence-electron chi connectivity index (χ0n) is 6.61. The van der Waals surface area contributed by atoms with Gasteiger partial charge in [0, 0.05) is 25.9 Å². The van der Waals surface area contributed by atoms with Gasteiger partial charge in [-0.25, -0.2) is 0 Å². The Kier molecular flexibility index (Phi) is 5.03. The Morgan fingerprint density at radius 2 is 2.30 bits per heavy atom. The number of allylic oxidation sites excluding steroid dienone is 1. The van der Waals surface area contributed by atoms with E-state index < -0.39 is 0 Å². The molecule has 0 saturated carbocycles. The highest BCUT2D eigenvalue weighted by Gasteiger charge is 1.95. The van der Waals surface area contributed by atoms with Gasteiger partial charge in [0.2, 0.25) is 0 Å². The van der Waals surface area contributed by atoms with E-state index in [2.05, 4.69) is 10.3 Å². The molecule has 0 bridgehead atoms. The topological polar surface area (TPSA) is 24.4 Å². The molecular weight excluding hydrogens is 148 g/mol. The molecular formula is C7H13ClN2. The molecule has 2 nitrogen and oxygen atoms in total. The lowest BCUT2D eigenvalue weighted by atomic mass is 10.2. The Bertz CT molecular complexity index is 150. The highest BCUT2D eigenvalue weighted by molar-refractivity contribution is 6.30. The number of aliphatic imine (C=N–C) groups is 1. The second-order valence-electron chi connectivity index (χ2n) is 1.83. The van der Waals surface area contributed by atoms with Gasteiger partial charge in [-0.1, -0.05) is 18.5 Å². The van der Waals surface area contributed by atoms with Crippen LogP contribution in [0.15, 0.2) is 15.7 Å². The van der Waals surface area contributed by atoms with E-state index in [0.29, 0.717) is 5.16 Å². The van der Waals surface area contributed by atoms with Crippen LogP contribution in [0, 0.1) is 0 Å². The van der Waals surface area contributed by atoms with Crippen molar-refractivity contribution in [2.75, 3.05) is 14.1 Å². The number of halogens is 1. The third kappa shape index (κ3) is 2.87. The molecule has 0 amide bonds. The average molecular weight is 161 g/mol. The van der Waals surface area contributed by atoms with Gasteiger partial charge in [-0.15, -0.1) is 0 Å². The van der Waals surface area contributed by atoms with E-state index in [-0.39, 0.29) is 0 Å². The normalized spacial score (nSPS) is 13.6. The van der Waals surface area contributed by atoms with Crippen LogP contribution in [-0.2, 0) is 0 Å². The fourth-order valence-electron chi connectivity index (χ4n) is 0.620. The van der Waals surface area contributed by atoms with E-state index in [4.69, 9.17) is 11.6 Å². The van der Waals surface area contributed by atoms with E-state index in [0.717, 1.165) is 12.0 Å². The standard InChI is InChI=1S/C7H13ClN2/c1-4-6(5-9-2)7(8)10-3/h5,10H,4H2,1-3H3/b7-6-,9-5?. The van der Waals surface area contributed by atoms with Crippen LogP contribution >= 0.6 is 11.6 Å². The first-order valence-electron chi connectivity index (χ1n) is 3.24. The summed E-state index contributed by atoms with van der Waals surface area (Å²) < 4.78 is 0. The van der Waals surface area contributed by atoms with Gasteiger partial charge < -0.3 is 5.32 Å². The maximum Gasteiger partial charge on any atom is 0.106 e. The van der Waals surface area contributed by atoms with Crippen molar-refractivity contribution in [1.29, 1.82) is 0 Å². The molecule has 3 heteroatoms. The third-order valence-electron chi connectivity index (χ3n) is 1.17. The first kappa shape index (κ1) is 9.50. The van der Waals surface area contributed by atoms with Crippen LogP contribution < -0.4 is 5.32 Å². The molecule has 58 valence electrons. The average Bonchev–Trinajstić information content (AvgIpc) is 1.99. The summed E-state index contributed by atoms with van der Waals surface area (Å²) in [6, 6.07) is 0. The van der Waals surface area contributed by atoms with Crippen LogP contribution in [-0.4, -0.2) is 20.3 Å². The van der Waals surface area contributed by atoms with Gasteiger partial charge in [0.05, 0.1) is 0 Å². The summed E-state index contributed by atoms with van der Waals surface area (Å²) in [4.78, 5) is 3.87. The molecule has 0 atom stereocenters. The predicted molar refractivity (Wildman–Crippen MR) is 46.6 cm³/mol. The second kappa shape index (κ2) is 5.30. The lowest BCUT2D eigenvalue weighted by Gasteiger charge is -2.00. The molecule has 0 aliphatic heterocycles. The molecule has 0 aliphatic rings. The third-order valence-corrected chi connectivity index (χ3v) is 1.60. The maximum absolute atomic E-state index is 5.79. The smallest absolute Gasteiger partial charge is 0.106 e. The Morgan fingerprint density at radius 3 is 2.60 bits per heavy atom. The van der Waals surface area contributed by atoms with E-state index in [1.807, 2.05) is 6.92 Å². The zero-order chi connectivity index (χ0) is 7.98. The summed E-state index contributed by atoms with van der Waals surface area (Å²) in [5, 5.41) is 3.53. The molecule has 0 aromatic carbocycles. The van der Waals surface area contributed by atoms with Crippen LogP contribution in [0.2, 0.25) is 0 Å². The quantitative estimate of drug-likeness (QED) is 0.494. The van der Waals surface area contributed by atoms with Gasteiger partial charge in [0.1, 0.15) is 5.16 Å². The van der Waals surface area contributed by atoms with E-state index >= 15 is 0 Å². The Hall–Kier alpha value is -0.500. The summed E-state index contributed by atoms with van der Waals surface area (Å²) in [6.45, 7) is 2.04. The van der Waals surface area contributed by atoms with Crippen LogP contribution in [0.3, 0.4) is 0 Å². The second-order valence-corrected chi connectivity index (χ2v) is 2.21. The van der Waals surface area contributed by atoms with Gasteiger partial charge in [-0.2, -0.15) is 0 Å². The van der Waals surface area contributed by atoms with Gasteiger partial charge >= 0.3 is 0 Å². The number of nitrogens with one attached hydrogen (secondary N) is 1. The minimum atomic E-state index is 0.674. The maximum atomic E-state index is 5.79. The number of hydrogen-bond donors (Lipinski definition) is 1. The fourth-order valence-corrected chi connectivity index (χ4v) is 0.802. The molecule has 0 unspecified atom stereocenters. The van der Waals surface area contributed by atoms with Crippen molar-refractivity contribution in [3.63, 3.8) is 0 Å². The molecule has 1 N–H and O–H groups in total. The fraction of sp³-hybridized carbons (Fsp3) is 0.571. The van der Waals surface area contributed by atoms with Crippen LogP contribution in [0.25, 0.3) is 0 Å². The van der Waals surface area contributed by atoms with Crippen LogP contribution in [0.1, 0.15) is 13.3 Å². The summed E-state index contributed by atoms with van der Waals surface area (Å²) >= 11 is 5.79. The largest absolute Gasteiger partial charge is 0.379 e. The Labute approximate surface area is 67.0 Å². The summed E-state index contributed by atoms with van der Waals surface area (Å²) in [7, 11) is 3.52. The molecule has 0 rings (SSSR count).